The molecule has 0 radical (unpaired) electrons. The summed E-state index contributed by atoms with van der Waals surface area (Å²) >= 11 is 0. The van der Waals surface area contributed by atoms with Gasteiger partial charge in [0, 0.05) is 44.8 Å². The molecule has 1 aliphatic carbocycles. The highest BCUT2D eigenvalue weighted by molar-refractivity contribution is 7.91. The normalized spacial score (nSPS) is 25.5. The lowest BCUT2D eigenvalue weighted by molar-refractivity contribution is -0.138. The molecule has 2 aliphatic heterocycles. The number of sulfone groups is 1. The van der Waals surface area contributed by atoms with Crippen molar-refractivity contribution < 1.29 is 13.2 Å². The van der Waals surface area contributed by atoms with E-state index in [1.807, 2.05) is 4.90 Å². The second kappa shape index (κ2) is 10.5. The first-order valence-corrected chi connectivity index (χ1v) is 13.8. The van der Waals surface area contributed by atoms with Gasteiger partial charge in [-0.1, -0.05) is 49.6 Å². The highest BCUT2D eigenvalue weighted by atomic mass is 32.2. The summed E-state index contributed by atoms with van der Waals surface area (Å²) in [4.78, 5) is 20.1. The third-order valence-corrected chi connectivity index (χ3v) is 8.99. The zero-order valence-electron chi connectivity index (χ0n) is 18.6. The Morgan fingerprint density at radius 1 is 0.903 bits per heavy atom. The smallest absolute Gasteiger partial charge is 0.237 e. The maximum absolute atomic E-state index is 13.4. The minimum atomic E-state index is -3.00. The van der Waals surface area contributed by atoms with Crippen molar-refractivity contribution in [2.75, 3.05) is 50.8 Å². The van der Waals surface area contributed by atoms with Gasteiger partial charge >= 0.3 is 0 Å². The van der Waals surface area contributed by atoms with E-state index < -0.39 is 9.84 Å². The number of carbonyl (C=O) groups is 1. The monoisotopic (exact) mass is 447 g/mol. The van der Waals surface area contributed by atoms with Crippen LogP contribution in [-0.4, -0.2) is 91.9 Å². The highest BCUT2D eigenvalue weighted by Crippen LogP contribution is 2.28. The molecular formula is C24H37N3O3S. The minimum absolute atomic E-state index is 0.118. The van der Waals surface area contributed by atoms with Crippen molar-refractivity contribution in [1.29, 1.82) is 0 Å². The fraction of sp³-hybridized carbons (Fsp3) is 0.708. The van der Waals surface area contributed by atoms with E-state index >= 15 is 0 Å². The van der Waals surface area contributed by atoms with E-state index in [-0.39, 0.29) is 29.5 Å². The average molecular weight is 448 g/mol. The third-order valence-electron chi connectivity index (χ3n) is 7.24. The van der Waals surface area contributed by atoms with Crippen molar-refractivity contribution in [3.05, 3.63) is 35.9 Å². The molecule has 2 saturated heterocycles. The topological polar surface area (TPSA) is 60.9 Å². The molecule has 0 bridgehead atoms. The van der Waals surface area contributed by atoms with Crippen LogP contribution in [0.15, 0.2) is 30.3 Å². The molecule has 4 rings (SSSR count). The van der Waals surface area contributed by atoms with Gasteiger partial charge in [0.15, 0.2) is 9.84 Å². The van der Waals surface area contributed by atoms with Crippen LogP contribution in [-0.2, 0) is 21.1 Å². The van der Waals surface area contributed by atoms with Gasteiger partial charge in [-0.15, -0.1) is 0 Å². The Morgan fingerprint density at radius 2 is 1.58 bits per heavy atom. The first kappa shape index (κ1) is 22.7. The molecule has 172 valence electrons. The number of nitrogens with zero attached hydrogens (tertiary/aromatic N) is 3. The molecule has 2 heterocycles. The van der Waals surface area contributed by atoms with Crippen LogP contribution in [0.4, 0.5) is 0 Å². The van der Waals surface area contributed by atoms with Crippen molar-refractivity contribution in [3.63, 3.8) is 0 Å². The Bertz CT molecular complexity index is 816. The zero-order chi connectivity index (χ0) is 21.7. The standard InChI is InChI=1S/C24H37N3O3S/c28-24(27(22-9-5-2-6-10-22)23-12-18-31(29,30)20-23)19-26-16-14-25(15-17-26)13-11-21-7-3-1-4-8-21/h1,3-4,7-8,22-23H,2,5-6,9-20H2. The number of benzene rings is 1. The summed E-state index contributed by atoms with van der Waals surface area (Å²) in [5.41, 5.74) is 1.37. The quantitative estimate of drug-likeness (QED) is 0.641. The Morgan fingerprint density at radius 3 is 2.23 bits per heavy atom. The Balaban J connectivity index is 1.29. The first-order chi connectivity index (χ1) is 15.0. The highest BCUT2D eigenvalue weighted by Gasteiger charge is 2.39. The molecule has 1 saturated carbocycles. The van der Waals surface area contributed by atoms with Crippen LogP contribution in [0.1, 0.15) is 44.1 Å². The lowest BCUT2D eigenvalue weighted by atomic mass is 9.92. The number of carbonyl (C=O) groups excluding carboxylic acids is 1. The lowest BCUT2D eigenvalue weighted by Crippen LogP contribution is -2.54. The second-order valence-corrected chi connectivity index (χ2v) is 11.7. The maximum Gasteiger partial charge on any atom is 0.237 e. The summed E-state index contributed by atoms with van der Waals surface area (Å²) in [6.45, 7) is 5.27. The van der Waals surface area contributed by atoms with Gasteiger partial charge < -0.3 is 9.80 Å². The molecular weight excluding hydrogens is 410 g/mol. The molecule has 1 aromatic rings. The maximum atomic E-state index is 13.4. The van der Waals surface area contributed by atoms with Crippen molar-refractivity contribution in [2.24, 2.45) is 0 Å². The van der Waals surface area contributed by atoms with Crippen molar-refractivity contribution in [1.82, 2.24) is 14.7 Å². The van der Waals surface area contributed by atoms with Gasteiger partial charge in [0.2, 0.25) is 5.91 Å². The van der Waals surface area contributed by atoms with Crippen molar-refractivity contribution >= 4 is 15.7 Å². The van der Waals surface area contributed by atoms with Crippen LogP contribution in [0.3, 0.4) is 0 Å². The fourth-order valence-electron chi connectivity index (χ4n) is 5.44. The van der Waals surface area contributed by atoms with Crippen LogP contribution in [0.25, 0.3) is 0 Å². The summed E-state index contributed by atoms with van der Waals surface area (Å²) in [5.74, 6) is 0.531. The predicted octanol–water partition coefficient (Wildman–Crippen LogP) is 2.20. The van der Waals surface area contributed by atoms with Gasteiger partial charge in [-0.05, 0) is 31.2 Å². The molecule has 3 aliphatic rings. The van der Waals surface area contributed by atoms with E-state index in [0.717, 1.165) is 64.8 Å². The van der Waals surface area contributed by atoms with E-state index in [1.165, 1.54) is 12.0 Å². The number of hydrogen-bond acceptors (Lipinski definition) is 5. The molecule has 6 nitrogen and oxygen atoms in total. The van der Waals surface area contributed by atoms with E-state index in [0.29, 0.717) is 13.0 Å². The van der Waals surface area contributed by atoms with Crippen LogP contribution < -0.4 is 0 Å². The summed E-state index contributed by atoms with van der Waals surface area (Å²) in [6.07, 6.45) is 7.24. The van der Waals surface area contributed by atoms with E-state index in [2.05, 4.69) is 40.1 Å². The summed E-state index contributed by atoms with van der Waals surface area (Å²) in [6, 6.07) is 10.7. The number of hydrogen-bond donors (Lipinski definition) is 0. The average Bonchev–Trinajstić information content (AvgIpc) is 3.14. The van der Waals surface area contributed by atoms with Gasteiger partial charge in [-0.25, -0.2) is 8.42 Å². The van der Waals surface area contributed by atoms with Crippen LogP contribution in [0, 0.1) is 0 Å². The molecule has 1 aromatic carbocycles. The summed E-state index contributed by atoms with van der Waals surface area (Å²) < 4.78 is 24.2. The summed E-state index contributed by atoms with van der Waals surface area (Å²) in [7, 11) is -3.00. The summed E-state index contributed by atoms with van der Waals surface area (Å²) in [5, 5.41) is 0. The largest absolute Gasteiger partial charge is 0.335 e. The number of piperazine rings is 1. The fourth-order valence-corrected chi connectivity index (χ4v) is 7.15. The Hall–Kier alpha value is -1.44. The zero-order valence-corrected chi connectivity index (χ0v) is 19.4. The van der Waals surface area contributed by atoms with Crippen LogP contribution in [0.5, 0.6) is 0 Å². The molecule has 3 fully saturated rings. The minimum Gasteiger partial charge on any atom is -0.335 e. The van der Waals surface area contributed by atoms with Crippen LogP contribution in [0.2, 0.25) is 0 Å². The lowest BCUT2D eigenvalue weighted by Gasteiger charge is -2.40. The van der Waals surface area contributed by atoms with Crippen molar-refractivity contribution in [2.45, 2.75) is 57.0 Å². The Kier molecular flexibility index (Phi) is 7.67. The van der Waals surface area contributed by atoms with Gasteiger partial charge in [0.05, 0.1) is 18.1 Å². The van der Waals surface area contributed by atoms with Gasteiger partial charge in [-0.3, -0.25) is 9.69 Å². The first-order valence-electron chi connectivity index (χ1n) is 12.0. The van der Waals surface area contributed by atoms with Gasteiger partial charge in [0.25, 0.3) is 0 Å². The van der Waals surface area contributed by atoms with E-state index in [4.69, 9.17) is 0 Å². The van der Waals surface area contributed by atoms with E-state index in [9.17, 15) is 13.2 Å². The molecule has 0 N–H and O–H groups in total. The molecule has 0 spiro atoms. The van der Waals surface area contributed by atoms with Gasteiger partial charge in [-0.2, -0.15) is 0 Å². The molecule has 7 heteroatoms. The van der Waals surface area contributed by atoms with Crippen molar-refractivity contribution in [3.8, 4) is 0 Å². The molecule has 1 amide bonds. The van der Waals surface area contributed by atoms with E-state index in [1.54, 1.807) is 0 Å². The molecule has 1 unspecified atom stereocenters. The molecule has 0 aromatic heterocycles. The SMILES string of the molecule is O=C(CN1CCN(CCc2ccccc2)CC1)N(C1CCCCC1)C1CCS(=O)(=O)C1. The van der Waals surface area contributed by atoms with Gasteiger partial charge in [0.1, 0.15) is 0 Å². The number of amides is 1. The molecule has 31 heavy (non-hydrogen) atoms. The Labute approximate surface area is 187 Å². The number of rotatable bonds is 7. The molecule has 1 atom stereocenters. The van der Waals surface area contributed by atoms with Crippen LogP contribution >= 0.6 is 0 Å². The predicted molar refractivity (Wildman–Crippen MR) is 124 cm³/mol. The third kappa shape index (κ3) is 6.30. The second-order valence-electron chi connectivity index (χ2n) is 9.50.